The fourth-order valence-corrected chi connectivity index (χ4v) is 2.28. The molecule has 2 bridgehead atoms. The summed E-state index contributed by atoms with van der Waals surface area (Å²) in [4.78, 5) is 10.4. The van der Waals surface area contributed by atoms with Crippen LogP contribution in [0.3, 0.4) is 0 Å². The van der Waals surface area contributed by atoms with E-state index in [0.717, 1.165) is 12.8 Å². The van der Waals surface area contributed by atoms with Crippen LogP contribution in [0.25, 0.3) is 0 Å². The van der Waals surface area contributed by atoms with Gasteiger partial charge < -0.3 is 15.2 Å². The summed E-state index contributed by atoms with van der Waals surface area (Å²) < 4.78 is 0. The van der Waals surface area contributed by atoms with Gasteiger partial charge in [-0.2, -0.15) is 0 Å². The van der Waals surface area contributed by atoms with E-state index in [1.54, 1.807) is 0 Å². The monoisotopic (exact) mass is 141 g/mol. The number of fused-ring (bicyclic) bond motifs is 2. The van der Waals surface area contributed by atoms with Gasteiger partial charge in [0.15, 0.2) is 0 Å². The number of hydrogen-bond donors (Lipinski definition) is 1. The Morgan fingerprint density at radius 3 is 2.60 bits per heavy atom. The number of carboxylic acid groups (broad SMARTS) is 1. The molecule has 1 saturated heterocycles. The molecule has 0 radical (unpaired) electrons. The molecular weight excluding hydrogens is 130 g/mol. The minimum absolute atomic E-state index is 0.223. The summed E-state index contributed by atoms with van der Waals surface area (Å²) in [7, 11) is 0. The second kappa shape index (κ2) is 1.95. The number of rotatable bonds is 1. The van der Waals surface area contributed by atoms with Crippen LogP contribution in [0, 0.1) is 5.92 Å². The number of aliphatic carboxylic acids is 1. The second-order valence-electron chi connectivity index (χ2n) is 3.37. The Bertz CT molecular complexity index is 169. The molecule has 3 atom stereocenters. The zero-order valence-corrected chi connectivity index (χ0v) is 5.75. The average molecular weight is 141 g/mol. The lowest BCUT2D eigenvalue weighted by atomic mass is 10.0. The summed E-state index contributed by atoms with van der Waals surface area (Å²) in [6.07, 6.45) is 3.40. The zero-order chi connectivity index (χ0) is 7.14. The van der Waals surface area contributed by atoms with Crippen molar-refractivity contribution >= 4 is 5.97 Å². The van der Waals surface area contributed by atoms with Gasteiger partial charge in [-0.3, -0.25) is 0 Å². The molecule has 56 valence electrons. The number of quaternary nitrogens is 1. The largest absolute Gasteiger partial charge is 0.544 e. The van der Waals surface area contributed by atoms with Crippen molar-refractivity contribution in [3.05, 3.63) is 0 Å². The topological polar surface area (TPSA) is 56.7 Å². The summed E-state index contributed by atoms with van der Waals surface area (Å²) in [5.41, 5.74) is 0. The number of carbonyl (C=O) groups excluding carboxylic acids is 1. The normalized spacial score (nSPS) is 44.2. The van der Waals surface area contributed by atoms with E-state index in [4.69, 9.17) is 0 Å². The van der Waals surface area contributed by atoms with Crippen LogP contribution in [0.4, 0.5) is 0 Å². The molecular formula is C7H11NO2. The summed E-state index contributed by atoms with van der Waals surface area (Å²) in [5.74, 6) is -0.456. The first-order valence-corrected chi connectivity index (χ1v) is 3.83. The molecule has 2 fully saturated rings. The van der Waals surface area contributed by atoms with E-state index in [1.807, 2.05) is 5.32 Å². The fourth-order valence-electron chi connectivity index (χ4n) is 2.28. The first-order chi connectivity index (χ1) is 4.77. The maximum atomic E-state index is 10.4. The summed E-state index contributed by atoms with van der Waals surface area (Å²) in [5, 5.41) is 12.4. The van der Waals surface area contributed by atoms with Gasteiger partial charge in [0.1, 0.15) is 6.04 Å². The number of hydrogen-bond acceptors (Lipinski definition) is 2. The summed E-state index contributed by atoms with van der Waals surface area (Å²) in [6, 6.07) is 0.367. The molecule has 1 aliphatic heterocycles. The molecule has 2 aliphatic rings. The second-order valence-corrected chi connectivity index (χ2v) is 3.37. The first kappa shape index (κ1) is 6.16. The van der Waals surface area contributed by atoms with Crippen molar-refractivity contribution < 1.29 is 15.2 Å². The predicted octanol–water partition coefficient (Wildman–Crippen LogP) is -2.15. The van der Waals surface area contributed by atoms with Gasteiger partial charge in [0, 0.05) is 12.3 Å². The molecule has 0 aromatic heterocycles. The number of piperidine rings is 1. The fraction of sp³-hybridized carbons (Fsp3) is 0.857. The van der Waals surface area contributed by atoms with Crippen molar-refractivity contribution in [2.45, 2.75) is 31.3 Å². The summed E-state index contributed by atoms with van der Waals surface area (Å²) in [6.45, 7) is 0. The van der Waals surface area contributed by atoms with E-state index in [1.165, 1.54) is 6.42 Å². The van der Waals surface area contributed by atoms with E-state index < -0.39 is 5.97 Å². The molecule has 0 aromatic rings. The molecule has 1 saturated carbocycles. The molecule has 3 nitrogen and oxygen atoms in total. The van der Waals surface area contributed by atoms with E-state index in [9.17, 15) is 9.90 Å². The maximum Gasteiger partial charge on any atom is 0.129 e. The molecule has 0 amide bonds. The van der Waals surface area contributed by atoms with Crippen molar-refractivity contribution in [1.29, 1.82) is 0 Å². The first-order valence-electron chi connectivity index (χ1n) is 3.83. The Balaban J connectivity index is 2.08. The van der Waals surface area contributed by atoms with Gasteiger partial charge in [0.2, 0.25) is 0 Å². The highest BCUT2D eigenvalue weighted by Crippen LogP contribution is 2.29. The minimum atomic E-state index is -0.868. The highest BCUT2D eigenvalue weighted by atomic mass is 16.4. The van der Waals surface area contributed by atoms with Crippen molar-refractivity contribution in [3.63, 3.8) is 0 Å². The van der Waals surface area contributed by atoms with Gasteiger partial charge in [-0.15, -0.1) is 0 Å². The quantitative estimate of drug-likeness (QED) is 0.452. The average Bonchev–Trinajstić information content (AvgIpc) is 2.44. The number of nitrogens with two attached hydrogens (primary N) is 1. The van der Waals surface area contributed by atoms with Crippen LogP contribution in [0.15, 0.2) is 0 Å². The lowest BCUT2D eigenvalue weighted by Crippen LogP contribution is -2.95. The van der Waals surface area contributed by atoms with Crippen LogP contribution in [0.2, 0.25) is 0 Å². The maximum absolute atomic E-state index is 10.4. The van der Waals surface area contributed by atoms with Crippen LogP contribution in [0.1, 0.15) is 19.3 Å². The lowest BCUT2D eigenvalue weighted by molar-refractivity contribution is -0.704. The summed E-state index contributed by atoms with van der Waals surface area (Å²) >= 11 is 0. The van der Waals surface area contributed by atoms with Crippen molar-refractivity contribution in [3.8, 4) is 0 Å². The van der Waals surface area contributed by atoms with Gasteiger partial charge in [0.25, 0.3) is 0 Å². The predicted molar refractivity (Wildman–Crippen MR) is 31.8 cm³/mol. The third-order valence-corrected chi connectivity index (χ3v) is 2.77. The Labute approximate surface area is 59.4 Å². The van der Waals surface area contributed by atoms with Gasteiger partial charge in [0.05, 0.1) is 12.0 Å². The molecule has 0 aromatic carbocycles. The highest BCUT2D eigenvalue weighted by Gasteiger charge is 2.43. The standard InChI is InChI=1S/C7H11NO2/c9-7(10)6-4-1-2-5(3-4)8-6/h4-6,8H,1-3H2,(H,9,10)/t4-,5+,6-/m1/s1. The Morgan fingerprint density at radius 2 is 2.30 bits per heavy atom. The highest BCUT2D eigenvalue weighted by molar-refractivity contribution is 5.70. The Kier molecular flexibility index (Phi) is 1.20. The van der Waals surface area contributed by atoms with Crippen molar-refractivity contribution in [2.75, 3.05) is 0 Å². The molecule has 2 rings (SSSR count). The van der Waals surface area contributed by atoms with Crippen LogP contribution in [-0.2, 0) is 4.79 Å². The molecule has 1 aliphatic carbocycles. The number of carboxylic acids is 1. The van der Waals surface area contributed by atoms with E-state index in [-0.39, 0.29) is 6.04 Å². The molecule has 10 heavy (non-hydrogen) atoms. The molecule has 0 spiro atoms. The van der Waals surface area contributed by atoms with E-state index in [0.29, 0.717) is 12.0 Å². The Hall–Kier alpha value is -0.570. The molecule has 1 heterocycles. The van der Waals surface area contributed by atoms with E-state index >= 15 is 0 Å². The third-order valence-electron chi connectivity index (χ3n) is 2.77. The van der Waals surface area contributed by atoms with Crippen LogP contribution in [0.5, 0.6) is 0 Å². The van der Waals surface area contributed by atoms with Crippen LogP contribution < -0.4 is 10.4 Å². The van der Waals surface area contributed by atoms with Gasteiger partial charge in [-0.05, 0) is 12.8 Å². The van der Waals surface area contributed by atoms with Gasteiger partial charge in [-0.25, -0.2) is 0 Å². The van der Waals surface area contributed by atoms with Gasteiger partial charge >= 0.3 is 0 Å². The van der Waals surface area contributed by atoms with Gasteiger partial charge in [-0.1, -0.05) is 0 Å². The molecule has 2 N–H and O–H groups in total. The zero-order valence-electron chi connectivity index (χ0n) is 5.75. The van der Waals surface area contributed by atoms with Crippen molar-refractivity contribution in [2.24, 2.45) is 5.92 Å². The lowest BCUT2D eigenvalue weighted by Gasteiger charge is -2.19. The minimum Gasteiger partial charge on any atom is -0.544 e. The van der Waals surface area contributed by atoms with E-state index in [2.05, 4.69) is 0 Å². The van der Waals surface area contributed by atoms with Crippen LogP contribution in [-0.4, -0.2) is 18.1 Å². The van der Waals surface area contributed by atoms with Crippen LogP contribution >= 0.6 is 0 Å². The smallest absolute Gasteiger partial charge is 0.129 e. The molecule has 0 unspecified atom stereocenters. The number of carbonyl (C=O) groups is 1. The SMILES string of the molecule is O=C([O-])[C@@H]1[NH2+][C@H]2CC[C@@H]1C2. The van der Waals surface area contributed by atoms with Crippen molar-refractivity contribution in [1.82, 2.24) is 0 Å². The third kappa shape index (κ3) is 0.736. The molecule has 3 heteroatoms. The Morgan fingerprint density at radius 1 is 1.50 bits per heavy atom.